The number of carbonyl (C=O) groups is 1. The molecule has 5 heteroatoms. The first-order valence-electron chi connectivity index (χ1n) is 6.46. The summed E-state index contributed by atoms with van der Waals surface area (Å²) in [6, 6.07) is 8.23. The monoisotopic (exact) mass is 275 g/mol. The van der Waals surface area contributed by atoms with Crippen molar-refractivity contribution in [3.8, 4) is 11.8 Å². The van der Waals surface area contributed by atoms with Gasteiger partial charge in [0.1, 0.15) is 18.2 Å². The van der Waals surface area contributed by atoms with Gasteiger partial charge in [-0.25, -0.2) is 4.79 Å². The van der Waals surface area contributed by atoms with E-state index >= 15 is 0 Å². The minimum atomic E-state index is -1.47. The molecule has 20 heavy (non-hydrogen) atoms. The summed E-state index contributed by atoms with van der Waals surface area (Å²) in [6.45, 7) is -0.00506. The Hall–Kier alpha value is -2.03. The second-order valence-corrected chi connectivity index (χ2v) is 4.78. The van der Waals surface area contributed by atoms with E-state index in [4.69, 9.17) is 5.11 Å². The van der Waals surface area contributed by atoms with Crippen LogP contribution in [0.4, 0.5) is 4.79 Å². The Bertz CT molecular complexity index is 534. The minimum Gasteiger partial charge on any atom is -0.465 e. The normalized spacial score (nSPS) is 25.7. The zero-order chi connectivity index (χ0) is 14.6. The van der Waals surface area contributed by atoms with E-state index in [2.05, 4.69) is 11.8 Å². The van der Waals surface area contributed by atoms with Gasteiger partial charge in [0.2, 0.25) is 0 Å². The molecular formula is C15H17NO4. The maximum atomic E-state index is 11.4. The molecule has 1 aliphatic heterocycles. The molecule has 5 nitrogen and oxygen atoms in total. The summed E-state index contributed by atoms with van der Waals surface area (Å²) in [4.78, 5) is 12.6. The molecule has 1 saturated heterocycles. The number of amides is 1. The summed E-state index contributed by atoms with van der Waals surface area (Å²) in [5.74, 6) is 5.09. The number of hydrogen-bond donors (Lipinski definition) is 3. The van der Waals surface area contributed by atoms with Crippen LogP contribution in [0.5, 0.6) is 0 Å². The van der Waals surface area contributed by atoms with Crippen molar-refractivity contribution in [1.29, 1.82) is 0 Å². The average molecular weight is 275 g/mol. The molecule has 3 N–H and O–H groups in total. The first-order chi connectivity index (χ1) is 9.58. The van der Waals surface area contributed by atoms with Crippen molar-refractivity contribution in [3.05, 3.63) is 35.9 Å². The Kier molecular flexibility index (Phi) is 4.28. The maximum Gasteiger partial charge on any atom is 0.407 e. The Labute approximate surface area is 117 Å². The zero-order valence-corrected chi connectivity index (χ0v) is 11.0. The number of aliphatic hydroxyl groups excluding tert-OH is 1. The van der Waals surface area contributed by atoms with E-state index in [-0.39, 0.29) is 6.61 Å². The molecule has 0 aromatic heterocycles. The number of aliphatic hydroxyl groups is 2. The fraction of sp³-hybridized carbons (Fsp3) is 0.400. The predicted molar refractivity (Wildman–Crippen MR) is 73.0 cm³/mol. The average Bonchev–Trinajstić information content (AvgIpc) is 2.45. The highest BCUT2D eigenvalue weighted by atomic mass is 16.4. The summed E-state index contributed by atoms with van der Waals surface area (Å²) in [6.07, 6.45) is -0.168. The first kappa shape index (κ1) is 14.4. The van der Waals surface area contributed by atoms with Crippen LogP contribution in [-0.2, 0) is 0 Å². The van der Waals surface area contributed by atoms with Gasteiger partial charge < -0.3 is 15.3 Å². The van der Waals surface area contributed by atoms with Crippen molar-refractivity contribution in [1.82, 2.24) is 4.90 Å². The van der Waals surface area contributed by atoms with E-state index in [1.165, 1.54) is 4.90 Å². The van der Waals surface area contributed by atoms with Crippen LogP contribution in [0.1, 0.15) is 24.4 Å². The van der Waals surface area contributed by atoms with Crippen molar-refractivity contribution in [2.45, 2.75) is 24.5 Å². The van der Waals surface area contributed by atoms with Crippen molar-refractivity contribution in [2.24, 2.45) is 0 Å². The SMILES string of the molecule is O=C(O)N1CCCC(O)(C#CCO)C1c1ccccc1. The molecule has 0 bridgehead atoms. The largest absolute Gasteiger partial charge is 0.465 e. The quantitative estimate of drug-likeness (QED) is 0.673. The molecule has 2 rings (SSSR count). The molecule has 0 aliphatic carbocycles. The second-order valence-electron chi connectivity index (χ2n) is 4.78. The van der Waals surface area contributed by atoms with Gasteiger partial charge >= 0.3 is 6.09 Å². The van der Waals surface area contributed by atoms with Crippen molar-refractivity contribution < 1.29 is 20.1 Å². The van der Waals surface area contributed by atoms with Crippen LogP contribution >= 0.6 is 0 Å². The van der Waals surface area contributed by atoms with Crippen molar-refractivity contribution in [2.75, 3.05) is 13.2 Å². The Morgan fingerprint density at radius 2 is 2.10 bits per heavy atom. The minimum absolute atomic E-state index is 0.359. The number of benzene rings is 1. The lowest BCUT2D eigenvalue weighted by Gasteiger charge is -2.43. The van der Waals surface area contributed by atoms with Crippen LogP contribution in [0.25, 0.3) is 0 Å². The molecule has 106 valence electrons. The van der Waals surface area contributed by atoms with Crippen LogP contribution in [0.15, 0.2) is 30.3 Å². The lowest BCUT2D eigenvalue weighted by Crippen LogP contribution is -2.51. The van der Waals surface area contributed by atoms with Gasteiger partial charge in [-0.05, 0) is 18.4 Å². The molecule has 1 amide bonds. The maximum absolute atomic E-state index is 11.4. The highest BCUT2D eigenvalue weighted by molar-refractivity contribution is 5.66. The van der Waals surface area contributed by atoms with Crippen LogP contribution in [-0.4, -0.2) is 45.1 Å². The smallest absolute Gasteiger partial charge is 0.407 e. The number of carboxylic acid groups (broad SMARTS) is 1. The van der Waals surface area contributed by atoms with Gasteiger partial charge in [-0.3, -0.25) is 4.90 Å². The second kappa shape index (κ2) is 5.95. The standard InChI is InChI=1S/C15H17NO4/c17-11-5-9-15(20)8-4-10-16(14(18)19)13(15)12-6-2-1-3-7-12/h1-3,6-7,13,17,20H,4,8,10-11H2,(H,18,19). The van der Waals surface area contributed by atoms with Gasteiger partial charge in [0.25, 0.3) is 0 Å². The molecule has 1 aromatic rings. The van der Waals surface area contributed by atoms with E-state index in [0.29, 0.717) is 24.9 Å². The molecule has 1 fully saturated rings. The van der Waals surface area contributed by atoms with Crippen molar-refractivity contribution >= 4 is 6.09 Å². The molecule has 0 radical (unpaired) electrons. The fourth-order valence-electron chi connectivity index (χ4n) is 2.66. The Morgan fingerprint density at radius 1 is 1.40 bits per heavy atom. The van der Waals surface area contributed by atoms with E-state index in [0.717, 1.165) is 0 Å². The van der Waals surface area contributed by atoms with Crippen LogP contribution < -0.4 is 0 Å². The third kappa shape index (κ3) is 2.77. The first-order valence-corrected chi connectivity index (χ1v) is 6.46. The summed E-state index contributed by atoms with van der Waals surface area (Å²) in [7, 11) is 0. The lowest BCUT2D eigenvalue weighted by molar-refractivity contribution is -0.0323. The van der Waals surface area contributed by atoms with Gasteiger partial charge in [0, 0.05) is 6.54 Å². The third-order valence-electron chi connectivity index (χ3n) is 3.47. The van der Waals surface area contributed by atoms with E-state index in [1.807, 2.05) is 6.07 Å². The molecule has 0 saturated carbocycles. The predicted octanol–water partition coefficient (Wildman–Crippen LogP) is 1.23. The van der Waals surface area contributed by atoms with Gasteiger partial charge in [-0.15, -0.1) is 0 Å². The topological polar surface area (TPSA) is 81.0 Å². The fourth-order valence-corrected chi connectivity index (χ4v) is 2.66. The van der Waals surface area contributed by atoms with Crippen LogP contribution in [0.2, 0.25) is 0 Å². The third-order valence-corrected chi connectivity index (χ3v) is 3.47. The molecule has 0 spiro atoms. The van der Waals surface area contributed by atoms with Gasteiger partial charge in [0.15, 0.2) is 0 Å². The number of piperidine rings is 1. The molecule has 1 aliphatic rings. The summed E-state index contributed by atoms with van der Waals surface area (Å²) in [5, 5.41) is 28.9. The highest BCUT2D eigenvalue weighted by Crippen LogP contribution is 2.38. The molecule has 1 aromatic carbocycles. The Balaban J connectivity index is 2.47. The number of rotatable bonds is 1. The lowest BCUT2D eigenvalue weighted by atomic mass is 9.81. The number of nitrogens with zero attached hydrogens (tertiary/aromatic N) is 1. The summed E-state index contributed by atoms with van der Waals surface area (Å²) in [5.41, 5.74) is -0.773. The molecular weight excluding hydrogens is 258 g/mol. The van der Waals surface area contributed by atoms with Crippen molar-refractivity contribution in [3.63, 3.8) is 0 Å². The van der Waals surface area contributed by atoms with Gasteiger partial charge in [-0.1, -0.05) is 42.2 Å². The van der Waals surface area contributed by atoms with Gasteiger partial charge in [-0.2, -0.15) is 0 Å². The highest BCUT2D eigenvalue weighted by Gasteiger charge is 2.45. The molecule has 2 atom stereocenters. The Morgan fingerprint density at radius 3 is 2.70 bits per heavy atom. The zero-order valence-electron chi connectivity index (χ0n) is 11.0. The molecule has 2 unspecified atom stereocenters. The van der Waals surface area contributed by atoms with Crippen LogP contribution in [0.3, 0.4) is 0 Å². The van der Waals surface area contributed by atoms with Crippen LogP contribution in [0, 0.1) is 11.8 Å². The van der Waals surface area contributed by atoms with E-state index in [1.54, 1.807) is 24.3 Å². The number of hydrogen-bond acceptors (Lipinski definition) is 3. The van der Waals surface area contributed by atoms with Gasteiger partial charge in [0.05, 0.1) is 0 Å². The van der Waals surface area contributed by atoms with E-state index < -0.39 is 17.7 Å². The summed E-state index contributed by atoms with van der Waals surface area (Å²) >= 11 is 0. The molecule has 1 heterocycles. The summed E-state index contributed by atoms with van der Waals surface area (Å²) < 4.78 is 0. The number of likely N-dealkylation sites (tertiary alicyclic amines) is 1. The van der Waals surface area contributed by atoms with E-state index in [9.17, 15) is 15.0 Å².